The number of aliphatic carboxylic acids is 1. The number of esters is 1. The largest absolute Gasteiger partial charge is 0.507 e. The van der Waals surface area contributed by atoms with Crippen LogP contribution in [0.3, 0.4) is 0 Å². The molecule has 3 atom stereocenters. The van der Waals surface area contributed by atoms with Gasteiger partial charge in [0.15, 0.2) is 12.4 Å². The Morgan fingerprint density at radius 3 is 2.00 bits per heavy atom. The average Bonchev–Trinajstić information content (AvgIpc) is 2.93. The lowest BCUT2D eigenvalue weighted by Gasteiger charge is -2.25. The summed E-state index contributed by atoms with van der Waals surface area (Å²) in [6.07, 6.45) is -0.236. The summed E-state index contributed by atoms with van der Waals surface area (Å²) in [6.45, 7) is 3.76. The van der Waals surface area contributed by atoms with Crippen LogP contribution in [0, 0.1) is 5.92 Å². The molecule has 0 spiro atoms. The number of ether oxygens (including phenoxy) is 1. The van der Waals surface area contributed by atoms with Gasteiger partial charge >= 0.3 is 11.9 Å². The van der Waals surface area contributed by atoms with Crippen molar-refractivity contribution in [1.82, 2.24) is 16.0 Å². The van der Waals surface area contributed by atoms with Crippen LogP contribution in [-0.2, 0) is 35.1 Å². The van der Waals surface area contributed by atoms with Crippen LogP contribution in [0.25, 0.3) is 0 Å². The first-order chi connectivity index (χ1) is 19.8. The van der Waals surface area contributed by atoms with Gasteiger partial charge in [-0.05, 0) is 37.0 Å². The second kappa shape index (κ2) is 15.7. The van der Waals surface area contributed by atoms with Gasteiger partial charge in [-0.1, -0.05) is 50.2 Å². The summed E-state index contributed by atoms with van der Waals surface area (Å²) >= 11 is 0. The minimum absolute atomic E-state index is 0.142. The van der Waals surface area contributed by atoms with E-state index in [1.165, 1.54) is 13.0 Å². The van der Waals surface area contributed by atoms with E-state index in [9.17, 15) is 44.1 Å². The molecular weight excluding hydrogens is 550 g/mol. The number of hydrogen-bond donors (Lipinski definition) is 6. The quantitative estimate of drug-likeness (QED) is 0.164. The third-order valence-corrected chi connectivity index (χ3v) is 6.16. The van der Waals surface area contributed by atoms with Gasteiger partial charge in [0, 0.05) is 6.42 Å². The van der Waals surface area contributed by atoms with Crippen LogP contribution in [0.1, 0.15) is 49.5 Å². The van der Waals surface area contributed by atoms with Crippen molar-refractivity contribution >= 4 is 35.4 Å². The van der Waals surface area contributed by atoms with E-state index in [1.807, 2.05) is 30.3 Å². The molecule has 13 heteroatoms. The molecule has 6 N–H and O–H groups in total. The number of phenolic OH excluding ortho intramolecular Hbond substituents is 2. The number of carbonyl (C=O) groups excluding carboxylic acids is 5. The maximum absolute atomic E-state index is 12.9. The van der Waals surface area contributed by atoms with Crippen molar-refractivity contribution in [3.8, 4) is 11.5 Å². The zero-order valence-corrected chi connectivity index (χ0v) is 23.5. The molecule has 226 valence electrons. The highest BCUT2D eigenvalue weighted by molar-refractivity contribution is 5.99. The highest BCUT2D eigenvalue weighted by Crippen LogP contribution is 2.26. The molecule has 3 amide bonds. The second-order valence-electron chi connectivity index (χ2n) is 9.88. The van der Waals surface area contributed by atoms with Gasteiger partial charge in [0.25, 0.3) is 0 Å². The summed E-state index contributed by atoms with van der Waals surface area (Å²) in [7, 11) is 0. The van der Waals surface area contributed by atoms with E-state index in [0.717, 1.165) is 17.7 Å². The minimum Gasteiger partial charge on any atom is -0.507 e. The third kappa shape index (κ3) is 10.2. The molecular formula is C29H35N3O10. The first-order valence-corrected chi connectivity index (χ1v) is 13.2. The molecule has 42 heavy (non-hydrogen) atoms. The smallest absolute Gasteiger partial charge is 0.346 e. The average molecular weight is 586 g/mol. The lowest BCUT2D eigenvalue weighted by Crippen LogP contribution is -2.56. The van der Waals surface area contributed by atoms with E-state index in [1.54, 1.807) is 13.8 Å². The number of carbonyl (C=O) groups is 6. The van der Waals surface area contributed by atoms with Crippen molar-refractivity contribution in [1.29, 1.82) is 0 Å². The molecule has 2 rings (SSSR count). The Balaban J connectivity index is 1.97. The van der Waals surface area contributed by atoms with E-state index in [4.69, 9.17) is 4.74 Å². The Hall–Kier alpha value is -4.94. The van der Waals surface area contributed by atoms with E-state index in [2.05, 4.69) is 16.0 Å². The summed E-state index contributed by atoms with van der Waals surface area (Å²) in [5, 5.41) is 36.1. The fourth-order valence-electron chi connectivity index (χ4n) is 3.82. The van der Waals surface area contributed by atoms with E-state index in [-0.39, 0.29) is 18.2 Å². The molecule has 0 saturated heterocycles. The van der Waals surface area contributed by atoms with Gasteiger partial charge in [-0.25, -0.2) is 4.79 Å². The zero-order chi connectivity index (χ0) is 31.4. The fraction of sp³-hybridized carbons (Fsp3) is 0.379. The predicted octanol–water partition coefficient (Wildman–Crippen LogP) is 1.06. The van der Waals surface area contributed by atoms with Crippen LogP contribution in [0.2, 0.25) is 0 Å². The Labute approximate surface area is 242 Å². The highest BCUT2D eigenvalue weighted by atomic mass is 16.5. The topological polar surface area (TPSA) is 208 Å². The molecule has 2 aromatic rings. The number of carboxylic acids is 1. The number of phenols is 2. The van der Waals surface area contributed by atoms with Gasteiger partial charge in [-0.3, -0.25) is 24.0 Å². The normalized spacial score (nSPS) is 12.9. The third-order valence-electron chi connectivity index (χ3n) is 6.16. The summed E-state index contributed by atoms with van der Waals surface area (Å²) in [5.41, 5.74) is 0.368. The molecule has 0 radical (unpaired) electrons. The van der Waals surface area contributed by atoms with Crippen LogP contribution in [0.5, 0.6) is 11.5 Å². The van der Waals surface area contributed by atoms with E-state index < -0.39 is 77.8 Å². The van der Waals surface area contributed by atoms with Crippen LogP contribution in [-0.4, -0.2) is 75.5 Å². The predicted molar refractivity (Wildman–Crippen MR) is 148 cm³/mol. The molecule has 13 nitrogen and oxygen atoms in total. The summed E-state index contributed by atoms with van der Waals surface area (Å²) in [4.78, 5) is 74.3. The molecule has 0 aliphatic rings. The maximum atomic E-state index is 12.9. The summed E-state index contributed by atoms with van der Waals surface area (Å²) in [6, 6.07) is 9.00. The number of ketones is 1. The van der Waals surface area contributed by atoms with Crippen LogP contribution < -0.4 is 16.0 Å². The van der Waals surface area contributed by atoms with E-state index >= 15 is 0 Å². The van der Waals surface area contributed by atoms with Crippen molar-refractivity contribution in [2.45, 2.75) is 58.2 Å². The Morgan fingerprint density at radius 2 is 1.43 bits per heavy atom. The fourth-order valence-corrected chi connectivity index (χ4v) is 3.82. The van der Waals surface area contributed by atoms with Gasteiger partial charge in [0.1, 0.15) is 35.2 Å². The van der Waals surface area contributed by atoms with Crippen molar-refractivity contribution in [3.63, 3.8) is 0 Å². The number of carboxylic acid groups (broad SMARTS) is 1. The van der Waals surface area contributed by atoms with Gasteiger partial charge in [0.05, 0.1) is 6.42 Å². The molecule has 0 aromatic heterocycles. The molecule has 0 fully saturated rings. The van der Waals surface area contributed by atoms with Crippen LogP contribution in [0.15, 0.2) is 48.5 Å². The molecule has 0 unspecified atom stereocenters. The Bertz CT molecular complexity index is 1280. The number of nitrogens with one attached hydrogen (secondary N) is 3. The molecule has 0 bridgehead atoms. The maximum Gasteiger partial charge on any atom is 0.346 e. The van der Waals surface area contributed by atoms with Gasteiger partial charge < -0.3 is 36.0 Å². The first kappa shape index (κ1) is 33.3. The molecule has 0 aliphatic heterocycles. The van der Waals surface area contributed by atoms with Gasteiger partial charge in [0.2, 0.25) is 17.7 Å². The number of rotatable bonds is 15. The van der Waals surface area contributed by atoms with Crippen molar-refractivity contribution in [2.75, 3.05) is 6.61 Å². The Kier molecular flexibility index (Phi) is 12.5. The minimum atomic E-state index is -1.63. The molecule has 0 heterocycles. The molecule has 0 saturated carbocycles. The number of aromatic hydroxyl groups is 2. The summed E-state index contributed by atoms with van der Waals surface area (Å²) in [5.74, 6) is -7.11. The van der Waals surface area contributed by atoms with Crippen molar-refractivity contribution in [3.05, 3.63) is 59.7 Å². The van der Waals surface area contributed by atoms with E-state index in [0.29, 0.717) is 6.42 Å². The lowest BCUT2D eigenvalue weighted by atomic mass is 10.0. The zero-order valence-electron chi connectivity index (χ0n) is 23.5. The first-order valence-electron chi connectivity index (χ1n) is 13.2. The number of aryl methyl sites for hydroxylation is 1. The number of hydrogen-bond acceptors (Lipinski definition) is 9. The molecule has 2 aromatic carbocycles. The second-order valence-corrected chi connectivity index (χ2v) is 9.88. The van der Waals surface area contributed by atoms with Gasteiger partial charge in [-0.15, -0.1) is 0 Å². The SMILES string of the molecule is CC(C)[C@H](NC(=O)CCc1ccccc1)C(=O)N[C@@H](C)C(=O)N[C@@H](CC(=O)O)C(=O)COC(=O)c1c(O)cccc1O. The Morgan fingerprint density at radius 1 is 0.810 bits per heavy atom. The standard InChI is InChI=1S/C29H35N3O10/c1-16(2)26(32-23(36)13-12-18-8-5-4-6-9-18)28(40)30-17(3)27(39)31-19(14-24(37)38)22(35)15-42-29(41)25-20(33)10-7-11-21(25)34/h4-11,16-17,19,26,33-34H,12-15H2,1-3H3,(H,30,40)(H,31,39)(H,32,36)(H,37,38)/t17-,19-,26-/m0/s1. The highest BCUT2D eigenvalue weighted by Gasteiger charge is 2.30. The number of benzene rings is 2. The van der Waals surface area contributed by atoms with Crippen molar-refractivity contribution in [2.24, 2.45) is 5.92 Å². The van der Waals surface area contributed by atoms with Crippen molar-refractivity contribution < 1.29 is 48.8 Å². The van der Waals surface area contributed by atoms with Crippen LogP contribution >= 0.6 is 0 Å². The number of amides is 3. The van der Waals surface area contributed by atoms with Crippen LogP contribution in [0.4, 0.5) is 0 Å². The monoisotopic (exact) mass is 585 g/mol. The number of Topliss-reactive ketones (excluding diaryl/α,β-unsaturated/α-hetero) is 1. The van der Waals surface area contributed by atoms with Gasteiger partial charge in [-0.2, -0.15) is 0 Å². The molecule has 0 aliphatic carbocycles. The lowest BCUT2D eigenvalue weighted by molar-refractivity contribution is -0.141. The summed E-state index contributed by atoms with van der Waals surface area (Å²) < 4.78 is 4.80.